The number of H-pyrrole nitrogens is 1. The first-order chi connectivity index (χ1) is 23.2. The van der Waals surface area contributed by atoms with E-state index in [0.29, 0.717) is 18.9 Å². The Morgan fingerprint density at radius 3 is 2.27 bits per heavy atom. The van der Waals surface area contributed by atoms with Crippen LogP contribution in [0.15, 0.2) is 59.4 Å². The van der Waals surface area contributed by atoms with Gasteiger partial charge in [0.25, 0.3) is 0 Å². The Kier molecular flexibility index (Phi) is 8.91. The van der Waals surface area contributed by atoms with E-state index >= 15 is 0 Å². The van der Waals surface area contributed by atoms with Crippen LogP contribution in [-0.4, -0.2) is 73.8 Å². The quantitative estimate of drug-likeness (QED) is 0.200. The second kappa shape index (κ2) is 13.0. The molecule has 0 unspecified atom stereocenters. The second-order valence-corrected chi connectivity index (χ2v) is 14.6. The van der Waals surface area contributed by atoms with Crippen LogP contribution in [0.5, 0.6) is 0 Å². The number of fused-ring (bicyclic) bond motifs is 1. The second-order valence-electron chi connectivity index (χ2n) is 14.6. The highest BCUT2D eigenvalue weighted by Crippen LogP contribution is 2.32. The van der Waals surface area contributed by atoms with Crippen molar-refractivity contribution in [2.24, 2.45) is 0 Å². The zero-order chi connectivity index (χ0) is 35.1. The number of hydrogen-bond acceptors (Lipinski definition) is 9. The number of aromatic amines is 1. The molecule has 0 radical (unpaired) electrons. The summed E-state index contributed by atoms with van der Waals surface area (Å²) in [7, 11) is 0. The van der Waals surface area contributed by atoms with Gasteiger partial charge >= 0.3 is 17.9 Å². The third-order valence-electron chi connectivity index (χ3n) is 8.55. The van der Waals surface area contributed by atoms with E-state index in [1.54, 1.807) is 11.2 Å². The van der Waals surface area contributed by atoms with Crippen LogP contribution in [0.1, 0.15) is 82.1 Å². The first-order valence-electron chi connectivity index (χ1n) is 16.6. The largest absolute Gasteiger partial charge is 0.444 e. The molecule has 12 nitrogen and oxygen atoms in total. The van der Waals surface area contributed by atoms with Crippen molar-refractivity contribution < 1.29 is 18.8 Å². The lowest BCUT2D eigenvalue weighted by atomic mass is 9.96. The van der Waals surface area contributed by atoms with Crippen molar-refractivity contribution in [2.45, 2.75) is 72.4 Å². The van der Waals surface area contributed by atoms with Gasteiger partial charge in [-0.3, -0.25) is 4.79 Å². The number of amides is 2. The third kappa shape index (κ3) is 7.43. The maximum absolute atomic E-state index is 12.9. The van der Waals surface area contributed by atoms with Crippen LogP contribution in [0.4, 0.5) is 10.5 Å². The molecule has 1 aliphatic rings. The van der Waals surface area contributed by atoms with Crippen LogP contribution < -0.4 is 10.2 Å². The van der Waals surface area contributed by atoms with Crippen molar-refractivity contribution in [1.82, 2.24) is 35.3 Å². The Labute approximate surface area is 286 Å². The van der Waals surface area contributed by atoms with Gasteiger partial charge in [-0.05, 0) is 75.6 Å². The van der Waals surface area contributed by atoms with Gasteiger partial charge < -0.3 is 29.4 Å². The number of aryl methyl sites for hydroxylation is 1. The smallest absolute Gasteiger partial charge is 0.410 e. The minimum atomic E-state index is -0.503. The molecule has 5 aromatic rings. The molecule has 0 aliphatic carbocycles. The molecule has 256 valence electrons. The van der Waals surface area contributed by atoms with E-state index < -0.39 is 11.5 Å². The number of carbonyl (C=O) groups is 2. The molecule has 4 heterocycles. The number of aromatic nitrogens is 5. The molecule has 0 saturated carbocycles. The summed E-state index contributed by atoms with van der Waals surface area (Å²) in [6, 6.07) is 16.3. The molecule has 49 heavy (non-hydrogen) atoms. The fraction of sp³-hybridized carbons (Fsp3) is 0.405. The molecular weight excluding hydrogens is 620 g/mol. The molecule has 2 aromatic carbocycles. The van der Waals surface area contributed by atoms with Crippen LogP contribution >= 0.6 is 0 Å². The minimum Gasteiger partial charge on any atom is -0.444 e. The Bertz CT molecular complexity index is 1980. The van der Waals surface area contributed by atoms with E-state index in [-0.39, 0.29) is 23.4 Å². The molecule has 1 atom stereocenters. The minimum absolute atomic E-state index is 0.0505. The number of anilines is 1. The van der Waals surface area contributed by atoms with Crippen LogP contribution in [-0.2, 0) is 10.2 Å². The lowest BCUT2D eigenvalue weighted by Crippen LogP contribution is -2.50. The van der Waals surface area contributed by atoms with E-state index in [1.807, 2.05) is 67.5 Å². The summed E-state index contributed by atoms with van der Waals surface area (Å²) < 4.78 is 10.8. The molecule has 3 aromatic heterocycles. The Morgan fingerprint density at radius 1 is 0.939 bits per heavy atom. The van der Waals surface area contributed by atoms with Gasteiger partial charge in [0.05, 0.1) is 11.7 Å². The highest BCUT2D eigenvalue weighted by atomic mass is 16.6. The monoisotopic (exact) mass is 664 g/mol. The highest BCUT2D eigenvalue weighted by Gasteiger charge is 2.27. The zero-order valence-electron chi connectivity index (χ0n) is 29.4. The summed E-state index contributed by atoms with van der Waals surface area (Å²) in [4.78, 5) is 46.3. The molecular formula is C37H44N8O4. The van der Waals surface area contributed by atoms with Gasteiger partial charge in [-0.2, -0.15) is 4.98 Å². The fourth-order valence-corrected chi connectivity index (χ4v) is 5.92. The van der Waals surface area contributed by atoms with Gasteiger partial charge in [0, 0.05) is 53.9 Å². The summed E-state index contributed by atoms with van der Waals surface area (Å²) >= 11 is 0. The van der Waals surface area contributed by atoms with Crippen molar-refractivity contribution in [3.63, 3.8) is 0 Å². The highest BCUT2D eigenvalue weighted by molar-refractivity contribution is 5.94. The van der Waals surface area contributed by atoms with E-state index in [4.69, 9.17) is 9.26 Å². The predicted octanol–water partition coefficient (Wildman–Crippen LogP) is 6.83. The van der Waals surface area contributed by atoms with Crippen molar-refractivity contribution in [1.29, 1.82) is 0 Å². The fourth-order valence-electron chi connectivity index (χ4n) is 5.92. The molecule has 12 heteroatoms. The Morgan fingerprint density at radius 2 is 1.63 bits per heavy atom. The normalized spacial score (nSPS) is 14.6. The lowest BCUT2D eigenvalue weighted by Gasteiger charge is -2.36. The van der Waals surface area contributed by atoms with Crippen LogP contribution in [0.3, 0.4) is 0 Å². The molecule has 0 spiro atoms. The van der Waals surface area contributed by atoms with E-state index in [9.17, 15) is 9.59 Å². The summed E-state index contributed by atoms with van der Waals surface area (Å²) in [5.41, 5.74) is 6.76. The average Bonchev–Trinajstić information content (AvgIpc) is 3.73. The maximum atomic E-state index is 12.9. The number of ether oxygens (including phenoxy) is 1. The van der Waals surface area contributed by atoms with Gasteiger partial charge in [-0.25, -0.2) is 14.8 Å². The Hall–Kier alpha value is -5.26. The SMILES string of the molecule is Cc1cc(-c2ncnc3[nH]c(-c4ccc(N5CCN(C(=O)OC(C)(C)C)CC5)cc4)cc23)ccc1[C@@H](C)NC(=O)c1nc(C(C)(C)C)no1. The molecule has 2 amide bonds. The van der Waals surface area contributed by atoms with Crippen molar-refractivity contribution in [3.8, 4) is 22.5 Å². The van der Waals surface area contributed by atoms with Crippen LogP contribution in [0.2, 0.25) is 0 Å². The predicted molar refractivity (Wildman–Crippen MR) is 188 cm³/mol. The zero-order valence-corrected chi connectivity index (χ0v) is 29.4. The summed E-state index contributed by atoms with van der Waals surface area (Å²) in [6.45, 7) is 18.2. The molecule has 2 N–H and O–H groups in total. The molecule has 1 aliphatic heterocycles. The van der Waals surface area contributed by atoms with Crippen molar-refractivity contribution in [2.75, 3.05) is 31.1 Å². The first-order valence-corrected chi connectivity index (χ1v) is 16.6. The van der Waals surface area contributed by atoms with Crippen molar-refractivity contribution >= 4 is 28.7 Å². The standard InChI is InChI=1S/C37H44N8O4/c1-22-19-25(11-14-27(22)23(2)40-32(46)33-42-34(43-49-33)36(3,4)5)30-28-20-29(41-31(28)39-21-38-30)24-9-12-26(13-10-24)44-15-17-45(18-16-44)35(47)48-37(6,7)8/h9-14,19-21,23H,15-18H2,1-8H3,(H,40,46)(H,38,39,41)/t23-/m1/s1. The first kappa shape index (κ1) is 33.6. The molecule has 6 rings (SSSR count). The van der Waals surface area contributed by atoms with Gasteiger partial charge in [0.1, 0.15) is 17.6 Å². The van der Waals surface area contributed by atoms with Gasteiger partial charge in [0.15, 0.2) is 5.82 Å². The van der Waals surface area contributed by atoms with Gasteiger partial charge in [-0.1, -0.05) is 50.2 Å². The number of benzene rings is 2. The van der Waals surface area contributed by atoms with Gasteiger partial charge in [-0.15, -0.1) is 0 Å². The molecule has 0 bridgehead atoms. The number of nitrogens with zero attached hydrogens (tertiary/aromatic N) is 6. The number of carbonyl (C=O) groups excluding carboxylic acids is 2. The summed E-state index contributed by atoms with van der Waals surface area (Å²) in [5.74, 6) is 0.0227. The van der Waals surface area contributed by atoms with Crippen LogP contribution in [0.25, 0.3) is 33.5 Å². The topological polar surface area (TPSA) is 142 Å². The molecule has 1 saturated heterocycles. The Balaban J connectivity index is 1.14. The van der Waals surface area contributed by atoms with E-state index in [0.717, 1.165) is 63.5 Å². The van der Waals surface area contributed by atoms with Gasteiger partial charge in [0.2, 0.25) is 0 Å². The number of rotatable bonds is 6. The number of hydrogen-bond donors (Lipinski definition) is 2. The number of nitrogens with one attached hydrogen (secondary N) is 2. The molecule has 1 fully saturated rings. The van der Waals surface area contributed by atoms with E-state index in [2.05, 4.69) is 71.7 Å². The lowest BCUT2D eigenvalue weighted by molar-refractivity contribution is 0.0240. The third-order valence-corrected chi connectivity index (χ3v) is 8.55. The van der Waals surface area contributed by atoms with Crippen LogP contribution in [0, 0.1) is 6.92 Å². The van der Waals surface area contributed by atoms with Crippen molar-refractivity contribution in [3.05, 3.63) is 77.7 Å². The van der Waals surface area contributed by atoms with E-state index in [1.165, 1.54) is 0 Å². The summed E-state index contributed by atoms with van der Waals surface area (Å²) in [6.07, 6.45) is 1.31. The summed E-state index contributed by atoms with van der Waals surface area (Å²) in [5, 5.41) is 7.85. The number of piperazine rings is 1. The average molecular weight is 665 g/mol. The maximum Gasteiger partial charge on any atom is 0.410 e.